The molecule has 2 heterocycles. The minimum Gasteiger partial charge on any atom is -0.493 e. The number of benzene rings is 2. The highest BCUT2D eigenvalue weighted by Gasteiger charge is 2.33. The van der Waals surface area contributed by atoms with Crippen molar-refractivity contribution in [1.29, 1.82) is 0 Å². The SMILES string of the molecule is C#CCOc1c(/C=c2\sc3n(c2=O)[C@H](c2ccccc2)C(C(=O)OCC)=C(C)N=3)cc(Br)cc1OC. The van der Waals surface area contributed by atoms with E-state index in [9.17, 15) is 9.59 Å². The van der Waals surface area contributed by atoms with Crippen molar-refractivity contribution in [3.63, 3.8) is 0 Å². The quantitative estimate of drug-likeness (QED) is 0.322. The number of hydrogen-bond acceptors (Lipinski definition) is 7. The van der Waals surface area contributed by atoms with E-state index in [0.717, 1.165) is 10.0 Å². The number of fused-ring (bicyclic) bond motifs is 1. The molecule has 0 saturated heterocycles. The average Bonchev–Trinajstić information content (AvgIpc) is 3.17. The highest BCUT2D eigenvalue weighted by Crippen LogP contribution is 2.35. The molecule has 1 aromatic heterocycles. The van der Waals surface area contributed by atoms with Gasteiger partial charge < -0.3 is 14.2 Å². The molecule has 0 fully saturated rings. The number of methoxy groups -OCH3 is 1. The molecular weight excluding hydrogens is 544 g/mol. The van der Waals surface area contributed by atoms with E-state index in [1.54, 1.807) is 30.6 Å². The van der Waals surface area contributed by atoms with E-state index in [0.29, 0.717) is 37.7 Å². The van der Waals surface area contributed by atoms with E-state index in [-0.39, 0.29) is 18.8 Å². The van der Waals surface area contributed by atoms with Gasteiger partial charge in [-0.15, -0.1) is 6.42 Å². The summed E-state index contributed by atoms with van der Waals surface area (Å²) >= 11 is 4.71. The lowest BCUT2D eigenvalue weighted by atomic mass is 9.96. The summed E-state index contributed by atoms with van der Waals surface area (Å²) in [7, 11) is 1.53. The molecule has 184 valence electrons. The van der Waals surface area contributed by atoms with Crippen molar-refractivity contribution >= 4 is 39.3 Å². The third-order valence-corrected chi connectivity index (χ3v) is 6.93. The third kappa shape index (κ3) is 4.87. The molecule has 9 heteroatoms. The Labute approximate surface area is 220 Å². The summed E-state index contributed by atoms with van der Waals surface area (Å²) in [5.41, 5.74) is 1.95. The van der Waals surface area contributed by atoms with Gasteiger partial charge in [-0.05, 0) is 37.6 Å². The number of hydrogen-bond donors (Lipinski definition) is 0. The number of ether oxygens (including phenoxy) is 3. The van der Waals surface area contributed by atoms with Gasteiger partial charge in [0.2, 0.25) is 0 Å². The van der Waals surface area contributed by atoms with E-state index < -0.39 is 12.0 Å². The van der Waals surface area contributed by atoms with Gasteiger partial charge in [-0.1, -0.05) is 63.5 Å². The first kappa shape index (κ1) is 25.5. The van der Waals surface area contributed by atoms with Crippen molar-refractivity contribution in [1.82, 2.24) is 4.57 Å². The number of rotatable bonds is 7. The lowest BCUT2D eigenvalue weighted by Gasteiger charge is -2.24. The Hall–Kier alpha value is -3.61. The lowest BCUT2D eigenvalue weighted by molar-refractivity contribution is -0.139. The number of nitrogens with zero attached hydrogens (tertiary/aromatic N) is 2. The molecule has 0 amide bonds. The van der Waals surface area contributed by atoms with Crippen molar-refractivity contribution < 1.29 is 19.0 Å². The summed E-state index contributed by atoms with van der Waals surface area (Å²) in [6.07, 6.45) is 7.11. The molecule has 0 saturated carbocycles. The summed E-state index contributed by atoms with van der Waals surface area (Å²) in [4.78, 5) is 31.8. The highest BCUT2D eigenvalue weighted by molar-refractivity contribution is 9.10. The smallest absolute Gasteiger partial charge is 0.338 e. The second-order valence-electron chi connectivity index (χ2n) is 7.73. The molecule has 1 aliphatic rings. The van der Waals surface area contributed by atoms with E-state index in [2.05, 4.69) is 26.8 Å². The molecule has 2 aromatic carbocycles. The fourth-order valence-corrected chi connectivity index (χ4v) is 5.49. The molecular formula is C27H23BrN2O5S. The molecule has 1 atom stereocenters. The Kier molecular flexibility index (Phi) is 7.77. The first-order valence-electron chi connectivity index (χ1n) is 11.1. The zero-order valence-electron chi connectivity index (χ0n) is 19.9. The number of halogens is 1. The Balaban J connectivity index is 1.96. The summed E-state index contributed by atoms with van der Waals surface area (Å²) in [6.45, 7) is 3.75. The van der Waals surface area contributed by atoms with Crippen LogP contribution in [0.5, 0.6) is 11.5 Å². The number of terminal acetylenes is 1. The maximum absolute atomic E-state index is 13.8. The van der Waals surface area contributed by atoms with Crippen molar-refractivity contribution in [3.8, 4) is 23.8 Å². The third-order valence-electron chi connectivity index (χ3n) is 5.49. The monoisotopic (exact) mass is 566 g/mol. The minimum atomic E-state index is -0.669. The van der Waals surface area contributed by atoms with E-state index >= 15 is 0 Å². The molecule has 36 heavy (non-hydrogen) atoms. The molecule has 0 bridgehead atoms. The maximum Gasteiger partial charge on any atom is 0.338 e. The first-order chi connectivity index (χ1) is 17.4. The van der Waals surface area contributed by atoms with Gasteiger partial charge in [0.05, 0.1) is 35.6 Å². The number of carbonyl (C=O) groups excluding carboxylic acids is 1. The zero-order valence-corrected chi connectivity index (χ0v) is 22.3. The number of aromatic nitrogens is 1. The minimum absolute atomic E-state index is 0.0379. The summed E-state index contributed by atoms with van der Waals surface area (Å²) in [5, 5.41) is 0. The summed E-state index contributed by atoms with van der Waals surface area (Å²) in [5.74, 6) is 2.85. The van der Waals surface area contributed by atoms with Crippen LogP contribution in [0.4, 0.5) is 0 Å². The number of allylic oxidation sites excluding steroid dienone is 1. The second kappa shape index (κ2) is 11.0. The summed E-state index contributed by atoms with van der Waals surface area (Å²) < 4.78 is 19.2. The van der Waals surface area contributed by atoms with Crippen LogP contribution in [0.15, 0.2) is 68.0 Å². The van der Waals surface area contributed by atoms with Crippen molar-refractivity contribution in [2.75, 3.05) is 20.3 Å². The highest BCUT2D eigenvalue weighted by atomic mass is 79.9. The Morgan fingerprint density at radius 1 is 1.31 bits per heavy atom. The number of carbonyl (C=O) groups is 1. The van der Waals surface area contributed by atoms with Crippen LogP contribution in [0.2, 0.25) is 0 Å². The number of esters is 1. The predicted molar refractivity (Wildman–Crippen MR) is 142 cm³/mol. The van der Waals surface area contributed by atoms with Gasteiger partial charge in [-0.3, -0.25) is 9.36 Å². The molecule has 0 aliphatic carbocycles. The standard InChI is InChI=1S/C27H23BrN2O5S/c1-5-12-35-24-18(13-19(28)15-20(24)33-4)14-21-25(31)30-23(17-10-8-7-9-11-17)22(26(32)34-6-2)16(3)29-27(30)36-21/h1,7-11,13-15,23H,6,12H2,2-4H3/b21-14-/t23-/m1/s1. The molecule has 7 nitrogen and oxygen atoms in total. The molecule has 0 radical (unpaired) electrons. The van der Waals surface area contributed by atoms with Gasteiger partial charge in [-0.25, -0.2) is 9.79 Å². The van der Waals surface area contributed by atoms with Crippen LogP contribution in [-0.2, 0) is 9.53 Å². The van der Waals surface area contributed by atoms with Gasteiger partial charge in [0.25, 0.3) is 5.56 Å². The van der Waals surface area contributed by atoms with Crippen LogP contribution < -0.4 is 24.4 Å². The largest absolute Gasteiger partial charge is 0.493 e. The first-order valence-corrected chi connectivity index (χ1v) is 12.7. The van der Waals surface area contributed by atoms with Crippen LogP contribution in [0.3, 0.4) is 0 Å². The van der Waals surface area contributed by atoms with Crippen molar-refractivity contribution in [2.24, 2.45) is 4.99 Å². The van der Waals surface area contributed by atoms with Crippen LogP contribution in [0.1, 0.15) is 31.0 Å². The van der Waals surface area contributed by atoms with Gasteiger partial charge in [0.15, 0.2) is 16.3 Å². The van der Waals surface area contributed by atoms with Crippen LogP contribution >= 0.6 is 27.3 Å². The molecule has 1 aliphatic heterocycles. The van der Waals surface area contributed by atoms with E-state index in [4.69, 9.17) is 20.6 Å². The zero-order chi connectivity index (χ0) is 25.8. The Morgan fingerprint density at radius 3 is 2.72 bits per heavy atom. The predicted octanol–water partition coefficient (Wildman–Crippen LogP) is 3.58. The fraction of sp³-hybridized carbons (Fsp3) is 0.222. The molecule has 0 unspecified atom stereocenters. The molecule has 4 rings (SSSR count). The van der Waals surface area contributed by atoms with Gasteiger partial charge in [-0.2, -0.15) is 0 Å². The van der Waals surface area contributed by atoms with Gasteiger partial charge in [0, 0.05) is 10.0 Å². The Morgan fingerprint density at radius 2 is 2.06 bits per heavy atom. The van der Waals surface area contributed by atoms with Crippen molar-refractivity contribution in [3.05, 3.63) is 89.0 Å². The van der Waals surface area contributed by atoms with Crippen LogP contribution in [0.25, 0.3) is 6.08 Å². The van der Waals surface area contributed by atoms with E-state index in [1.165, 1.54) is 18.4 Å². The topological polar surface area (TPSA) is 79.1 Å². The number of thiazole rings is 1. The van der Waals surface area contributed by atoms with Gasteiger partial charge >= 0.3 is 5.97 Å². The Bertz CT molecular complexity index is 1560. The maximum atomic E-state index is 13.8. The van der Waals surface area contributed by atoms with E-state index in [1.807, 2.05) is 36.4 Å². The molecule has 0 N–H and O–H groups in total. The fourth-order valence-electron chi connectivity index (χ4n) is 4.00. The molecule has 3 aromatic rings. The summed E-state index contributed by atoms with van der Waals surface area (Å²) in [6, 6.07) is 12.3. The second-order valence-corrected chi connectivity index (χ2v) is 9.66. The average molecular weight is 567 g/mol. The van der Waals surface area contributed by atoms with Gasteiger partial charge in [0.1, 0.15) is 6.61 Å². The van der Waals surface area contributed by atoms with Crippen molar-refractivity contribution in [2.45, 2.75) is 19.9 Å². The molecule has 0 spiro atoms. The lowest BCUT2D eigenvalue weighted by Crippen LogP contribution is -2.39. The normalized spacial score (nSPS) is 15.1. The van der Waals surface area contributed by atoms with Crippen LogP contribution in [-0.4, -0.2) is 30.9 Å². The van der Waals surface area contributed by atoms with Crippen LogP contribution in [0, 0.1) is 12.3 Å².